The van der Waals surface area contributed by atoms with Gasteiger partial charge >= 0.3 is 0 Å². The van der Waals surface area contributed by atoms with E-state index in [9.17, 15) is 5.11 Å². The molecule has 1 N–H and O–H groups in total. The van der Waals surface area contributed by atoms with Crippen LogP contribution in [0.2, 0.25) is 0 Å². The number of para-hydroxylation sites is 1. The van der Waals surface area contributed by atoms with Crippen LogP contribution in [0.5, 0.6) is 5.75 Å². The highest BCUT2D eigenvalue weighted by molar-refractivity contribution is 5.35. The quantitative estimate of drug-likeness (QED) is 0.853. The van der Waals surface area contributed by atoms with Crippen molar-refractivity contribution in [3.05, 3.63) is 29.8 Å². The Hall–Kier alpha value is -1.06. The number of benzene rings is 1. The van der Waals surface area contributed by atoms with Gasteiger partial charge in [0.05, 0.1) is 0 Å². The van der Waals surface area contributed by atoms with Crippen molar-refractivity contribution in [2.45, 2.75) is 58.0 Å². The standard InChI is InChI=1S/C21H33NO2/c1-16(2)20-9-5-6-10-21(20)24-15-19(23)14-22-12-11-17-7-3-4-8-18(17)13-22/h5-6,9-10,16-19,23H,3-4,7-8,11-15H2,1-2H3/t17-,18+,19-/m1/s1. The summed E-state index contributed by atoms with van der Waals surface area (Å²) < 4.78 is 5.93. The number of rotatable bonds is 6. The lowest BCUT2D eigenvalue weighted by Crippen LogP contribution is -2.45. The minimum Gasteiger partial charge on any atom is -0.491 e. The van der Waals surface area contributed by atoms with Crippen molar-refractivity contribution < 1.29 is 9.84 Å². The second-order valence-electron chi connectivity index (χ2n) is 8.01. The zero-order valence-corrected chi connectivity index (χ0v) is 15.3. The number of likely N-dealkylation sites (tertiary alicyclic amines) is 1. The fraction of sp³-hybridized carbons (Fsp3) is 0.714. The molecule has 0 amide bonds. The minimum absolute atomic E-state index is 0.383. The summed E-state index contributed by atoms with van der Waals surface area (Å²) in [5.41, 5.74) is 1.22. The zero-order chi connectivity index (χ0) is 16.9. The molecule has 1 saturated heterocycles. The summed E-state index contributed by atoms with van der Waals surface area (Å²) in [6, 6.07) is 8.17. The van der Waals surface area contributed by atoms with Crippen molar-refractivity contribution in [2.75, 3.05) is 26.2 Å². The van der Waals surface area contributed by atoms with Gasteiger partial charge in [-0.1, -0.05) is 51.3 Å². The maximum absolute atomic E-state index is 10.4. The van der Waals surface area contributed by atoms with Gasteiger partial charge in [-0.2, -0.15) is 0 Å². The van der Waals surface area contributed by atoms with Gasteiger partial charge in [0, 0.05) is 13.1 Å². The van der Waals surface area contributed by atoms with Crippen LogP contribution < -0.4 is 4.74 Å². The molecule has 1 aliphatic carbocycles. The summed E-state index contributed by atoms with van der Waals surface area (Å²) in [7, 11) is 0. The summed E-state index contributed by atoms with van der Waals surface area (Å²) >= 11 is 0. The van der Waals surface area contributed by atoms with E-state index in [1.165, 1.54) is 44.2 Å². The molecule has 1 aromatic carbocycles. The monoisotopic (exact) mass is 331 g/mol. The molecule has 0 unspecified atom stereocenters. The number of nitrogens with zero attached hydrogens (tertiary/aromatic N) is 1. The van der Waals surface area contributed by atoms with Crippen molar-refractivity contribution in [3.8, 4) is 5.75 Å². The molecule has 1 aliphatic heterocycles. The third-order valence-corrected chi connectivity index (χ3v) is 5.82. The number of ether oxygens (including phenoxy) is 1. The number of piperidine rings is 1. The maximum Gasteiger partial charge on any atom is 0.122 e. The molecule has 1 heterocycles. The summed E-state index contributed by atoms with van der Waals surface area (Å²) in [6.45, 7) is 7.78. The number of β-amino-alcohol motifs (C(OH)–C–C–N with tert-alkyl or cyclic N) is 1. The Labute approximate surface area is 147 Å². The van der Waals surface area contributed by atoms with Crippen molar-refractivity contribution in [1.82, 2.24) is 4.90 Å². The van der Waals surface area contributed by atoms with Crippen molar-refractivity contribution in [1.29, 1.82) is 0 Å². The first-order chi connectivity index (χ1) is 11.6. The van der Waals surface area contributed by atoms with Gasteiger partial charge in [0.15, 0.2) is 0 Å². The normalized spacial score (nSPS) is 26.2. The fourth-order valence-corrected chi connectivity index (χ4v) is 4.47. The largest absolute Gasteiger partial charge is 0.491 e. The molecule has 1 aromatic rings. The summed E-state index contributed by atoms with van der Waals surface area (Å²) in [6.07, 6.45) is 6.53. The Bertz CT molecular complexity index is 516. The minimum atomic E-state index is -0.412. The fourth-order valence-electron chi connectivity index (χ4n) is 4.47. The number of hydrogen-bond acceptors (Lipinski definition) is 3. The molecule has 0 radical (unpaired) electrons. The van der Waals surface area contributed by atoms with Crippen LogP contribution in [0.3, 0.4) is 0 Å². The first-order valence-electron chi connectivity index (χ1n) is 9.75. The predicted molar refractivity (Wildman–Crippen MR) is 98.5 cm³/mol. The van der Waals surface area contributed by atoms with E-state index >= 15 is 0 Å². The highest BCUT2D eigenvalue weighted by Gasteiger charge is 2.31. The van der Waals surface area contributed by atoms with Gasteiger partial charge in [-0.25, -0.2) is 0 Å². The second kappa shape index (κ2) is 8.35. The molecule has 0 spiro atoms. The summed E-state index contributed by atoms with van der Waals surface area (Å²) in [5.74, 6) is 3.16. The Balaban J connectivity index is 1.47. The van der Waals surface area contributed by atoms with Crippen LogP contribution in [0.25, 0.3) is 0 Å². The van der Waals surface area contributed by atoms with E-state index < -0.39 is 6.10 Å². The highest BCUT2D eigenvalue weighted by Crippen LogP contribution is 2.36. The molecular weight excluding hydrogens is 298 g/mol. The lowest BCUT2D eigenvalue weighted by molar-refractivity contribution is 0.0279. The van der Waals surface area contributed by atoms with Gasteiger partial charge in [0.25, 0.3) is 0 Å². The number of fused-ring (bicyclic) bond motifs is 1. The molecule has 2 aliphatic rings. The van der Waals surface area contributed by atoms with Crippen LogP contribution in [-0.2, 0) is 0 Å². The number of aliphatic hydroxyl groups is 1. The zero-order valence-electron chi connectivity index (χ0n) is 15.3. The summed E-state index contributed by atoms with van der Waals surface area (Å²) in [5, 5.41) is 10.4. The Kier molecular flexibility index (Phi) is 6.18. The number of aliphatic hydroxyl groups excluding tert-OH is 1. The van der Waals surface area contributed by atoms with Crippen molar-refractivity contribution >= 4 is 0 Å². The molecule has 134 valence electrons. The van der Waals surface area contributed by atoms with Crippen molar-refractivity contribution in [2.24, 2.45) is 11.8 Å². The average molecular weight is 332 g/mol. The SMILES string of the molecule is CC(C)c1ccccc1OC[C@H](O)CN1CC[C@H]2CCCC[C@H]2C1. The summed E-state index contributed by atoms with van der Waals surface area (Å²) in [4.78, 5) is 2.45. The molecule has 3 heteroatoms. The Morgan fingerprint density at radius 3 is 2.67 bits per heavy atom. The van der Waals surface area contributed by atoms with Crippen LogP contribution in [-0.4, -0.2) is 42.4 Å². The van der Waals surface area contributed by atoms with E-state index in [4.69, 9.17) is 4.74 Å². The number of hydrogen-bond donors (Lipinski definition) is 1. The molecule has 2 fully saturated rings. The topological polar surface area (TPSA) is 32.7 Å². The first-order valence-corrected chi connectivity index (χ1v) is 9.75. The first kappa shape index (κ1) is 17.8. The molecule has 3 nitrogen and oxygen atoms in total. The molecule has 3 rings (SSSR count). The van der Waals surface area contributed by atoms with E-state index in [0.29, 0.717) is 12.5 Å². The highest BCUT2D eigenvalue weighted by atomic mass is 16.5. The van der Waals surface area contributed by atoms with Gasteiger partial charge < -0.3 is 14.7 Å². The van der Waals surface area contributed by atoms with Crippen LogP contribution in [0.15, 0.2) is 24.3 Å². The third-order valence-electron chi connectivity index (χ3n) is 5.82. The van der Waals surface area contributed by atoms with E-state index in [0.717, 1.165) is 30.7 Å². The van der Waals surface area contributed by atoms with Gasteiger partial charge in [-0.15, -0.1) is 0 Å². The van der Waals surface area contributed by atoms with E-state index in [-0.39, 0.29) is 0 Å². The lowest BCUT2D eigenvalue weighted by Gasteiger charge is -2.41. The van der Waals surface area contributed by atoms with Gasteiger partial charge in [-0.3, -0.25) is 0 Å². The second-order valence-corrected chi connectivity index (χ2v) is 8.01. The van der Waals surface area contributed by atoms with E-state index in [1.807, 2.05) is 18.2 Å². The van der Waals surface area contributed by atoms with Crippen LogP contribution in [0, 0.1) is 11.8 Å². The Morgan fingerprint density at radius 1 is 1.12 bits per heavy atom. The third kappa shape index (κ3) is 4.52. The molecule has 3 atom stereocenters. The van der Waals surface area contributed by atoms with E-state index in [1.54, 1.807) is 0 Å². The van der Waals surface area contributed by atoms with Gasteiger partial charge in [-0.05, 0) is 48.8 Å². The van der Waals surface area contributed by atoms with Gasteiger partial charge in [0.2, 0.25) is 0 Å². The maximum atomic E-state index is 10.4. The molecule has 0 bridgehead atoms. The molecular formula is C21H33NO2. The van der Waals surface area contributed by atoms with Crippen LogP contribution in [0.4, 0.5) is 0 Å². The molecule has 0 aromatic heterocycles. The predicted octanol–water partition coefficient (Wildman–Crippen LogP) is 4.06. The van der Waals surface area contributed by atoms with Crippen molar-refractivity contribution in [3.63, 3.8) is 0 Å². The Morgan fingerprint density at radius 2 is 1.88 bits per heavy atom. The van der Waals surface area contributed by atoms with Crippen LogP contribution >= 0.6 is 0 Å². The lowest BCUT2D eigenvalue weighted by atomic mass is 9.75. The molecule has 1 saturated carbocycles. The average Bonchev–Trinajstić information content (AvgIpc) is 2.60. The van der Waals surface area contributed by atoms with Crippen LogP contribution in [0.1, 0.15) is 57.4 Å². The smallest absolute Gasteiger partial charge is 0.122 e. The van der Waals surface area contributed by atoms with E-state index in [2.05, 4.69) is 24.8 Å². The molecule has 24 heavy (non-hydrogen) atoms. The van der Waals surface area contributed by atoms with Gasteiger partial charge in [0.1, 0.15) is 18.5 Å².